The second-order valence-corrected chi connectivity index (χ2v) is 6.28. The van der Waals surface area contributed by atoms with Crippen molar-refractivity contribution in [3.63, 3.8) is 0 Å². The van der Waals surface area contributed by atoms with E-state index < -0.39 is 0 Å². The number of oxime groups is 1. The van der Waals surface area contributed by atoms with Gasteiger partial charge in [0.2, 0.25) is 0 Å². The molecule has 0 aromatic carbocycles. The van der Waals surface area contributed by atoms with Gasteiger partial charge in [0, 0.05) is 39.8 Å². The predicted octanol–water partition coefficient (Wildman–Crippen LogP) is 0.744. The highest BCUT2D eigenvalue weighted by Gasteiger charge is 2.24. The molecule has 2 heterocycles. The Morgan fingerprint density at radius 1 is 1.43 bits per heavy atom. The van der Waals surface area contributed by atoms with Crippen molar-refractivity contribution in [2.24, 2.45) is 17.9 Å². The maximum atomic E-state index is 8.76. The van der Waals surface area contributed by atoms with Crippen LogP contribution in [0.2, 0.25) is 0 Å². The molecule has 1 aliphatic heterocycles. The van der Waals surface area contributed by atoms with Gasteiger partial charge in [-0.1, -0.05) is 5.16 Å². The third kappa shape index (κ3) is 3.56. The van der Waals surface area contributed by atoms with Crippen molar-refractivity contribution in [1.29, 1.82) is 0 Å². The highest BCUT2D eigenvalue weighted by molar-refractivity contribution is 9.10. The largest absolute Gasteiger partial charge is 0.409 e. The number of aryl methyl sites for hydroxylation is 2. The van der Waals surface area contributed by atoms with Crippen molar-refractivity contribution in [3.05, 3.63) is 15.9 Å². The monoisotopic (exact) mass is 358 g/mol. The SMILES string of the molecule is Cc1nn(C)c(CN2CCN(C(C)C(N)=NO)CC2)c1Br. The van der Waals surface area contributed by atoms with Crippen LogP contribution in [-0.2, 0) is 13.6 Å². The van der Waals surface area contributed by atoms with Gasteiger partial charge in [0.25, 0.3) is 0 Å². The number of amidine groups is 1. The molecular weight excluding hydrogens is 336 g/mol. The van der Waals surface area contributed by atoms with Gasteiger partial charge in [0.05, 0.1) is 21.9 Å². The number of hydrogen-bond acceptors (Lipinski definition) is 5. The summed E-state index contributed by atoms with van der Waals surface area (Å²) in [6.45, 7) is 8.58. The first-order chi connectivity index (χ1) is 9.93. The summed E-state index contributed by atoms with van der Waals surface area (Å²) in [6.07, 6.45) is 0. The quantitative estimate of drug-likeness (QED) is 0.359. The Labute approximate surface area is 133 Å². The topological polar surface area (TPSA) is 82.9 Å². The molecule has 8 heteroatoms. The molecule has 2 rings (SSSR count). The summed E-state index contributed by atoms with van der Waals surface area (Å²) in [5.74, 6) is 0.272. The molecule has 0 radical (unpaired) electrons. The Kier molecular flexibility index (Phi) is 5.23. The smallest absolute Gasteiger partial charge is 0.156 e. The van der Waals surface area contributed by atoms with E-state index in [0.29, 0.717) is 0 Å². The van der Waals surface area contributed by atoms with Crippen molar-refractivity contribution < 1.29 is 5.21 Å². The summed E-state index contributed by atoms with van der Waals surface area (Å²) in [4.78, 5) is 4.63. The lowest BCUT2D eigenvalue weighted by atomic mass is 10.2. The predicted molar refractivity (Wildman–Crippen MR) is 85.4 cm³/mol. The van der Waals surface area contributed by atoms with E-state index in [2.05, 4.69) is 36.0 Å². The molecular formula is C13H23BrN6O. The van der Waals surface area contributed by atoms with Crippen LogP contribution in [0.15, 0.2) is 9.63 Å². The van der Waals surface area contributed by atoms with Gasteiger partial charge in [-0.05, 0) is 29.8 Å². The van der Waals surface area contributed by atoms with Crippen LogP contribution < -0.4 is 5.73 Å². The molecule has 0 spiro atoms. The zero-order chi connectivity index (χ0) is 15.6. The third-order valence-electron chi connectivity index (χ3n) is 4.13. The number of piperazine rings is 1. The fourth-order valence-electron chi connectivity index (χ4n) is 2.64. The molecule has 0 aliphatic carbocycles. The molecule has 21 heavy (non-hydrogen) atoms. The highest BCUT2D eigenvalue weighted by atomic mass is 79.9. The number of aromatic nitrogens is 2. The van der Waals surface area contributed by atoms with Gasteiger partial charge in [0.1, 0.15) is 0 Å². The van der Waals surface area contributed by atoms with Crippen LogP contribution in [0.1, 0.15) is 18.3 Å². The van der Waals surface area contributed by atoms with Crippen molar-refractivity contribution in [2.75, 3.05) is 26.2 Å². The van der Waals surface area contributed by atoms with E-state index in [9.17, 15) is 0 Å². The van der Waals surface area contributed by atoms with Crippen LogP contribution in [-0.4, -0.2) is 62.8 Å². The second kappa shape index (κ2) is 6.76. The summed E-state index contributed by atoms with van der Waals surface area (Å²) < 4.78 is 3.03. The minimum atomic E-state index is -0.0252. The average Bonchev–Trinajstić information content (AvgIpc) is 2.73. The van der Waals surface area contributed by atoms with Gasteiger partial charge in [-0.2, -0.15) is 5.10 Å². The van der Waals surface area contributed by atoms with Crippen LogP contribution in [0.5, 0.6) is 0 Å². The summed E-state index contributed by atoms with van der Waals surface area (Å²) >= 11 is 3.61. The van der Waals surface area contributed by atoms with Crippen LogP contribution in [0.3, 0.4) is 0 Å². The van der Waals surface area contributed by atoms with Crippen molar-refractivity contribution >= 4 is 21.8 Å². The Balaban J connectivity index is 1.93. The van der Waals surface area contributed by atoms with Gasteiger partial charge >= 0.3 is 0 Å². The van der Waals surface area contributed by atoms with E-state index in [-0.39, 0.29) is 11.9 Å². The average molecular weight is 359 g/mol. The third-order valence-corrected chi connectivity index (χ3v) is 5.16. The lowest BCUT2D eigenvalue weighted by Crippen LogP contribution is -2.52. The molecule has 3 N–H and O–H groups in total. The van der Waals surface area contributed by atoms with Crippen molar-refractivity contribution in [2.45, 2.75) is 26.4 Å². The van der Waals surface area contributed by atoms with Gasteiger partial charge in [0.15, 0.2) is 5.84 Å². The number of nitrogens with zero attached hydrogens (tertiary/aromatic N) is 5. The molecule has 1 saturated heterocycles. The molecule has 1 aromatic heterocycles. The van der Waals surface area contributed by atoms with Crippen LogP contribution >= 0.6 is 15.9 Å². The fourth-order valence-corrected chi connectivity index (χ4v) is 3.10. The molecule has 1 aromatic rings. The summed E-state index contributed by atoms with van der Waals surface area (Å²) in [5, 5.41) is 16.3. The Bertz CT molecular complexity index is 521. The zero-order valence-corrected chi connectivity index (χ0v) is 14.3. The first kappa shape index (κ1) is 16.3. The molecule has 0 saturated carbocycles. The van der Waals surface area contributed by atoms with Crippen LogP contribution in [0.4, 0.5) is 0 Å². The Morgan fingerprint density at radius 2 is 2.05 bits per heavy atom. The maximum absolute atomic E-state index is 8.76. The van der Waals surface area contributed by atoms with Crippen molar-refractivity contribution in [1.82, 2.24) is 19.6 Å². The summed E-state index contributed by atoms with van der Waals surface area (Å²) in [6, 6.07) is -0.0252. The molecule has 7 nitrogen and oxygen atoms in total. The standard InChI is InChI=1S/C13H23BrN6O/c1-9-12(14)11(18(3)16-9)8-19-4-6-20(7-5-19)10(2)13(15)17-21/h10,21H,4-8H2,1-3H3,(H2,15,17). The van der Waals surface area contributed by atoms with E-state index in [1.54, 1.807) is 0 Å². The van der Waals surface area contributed by atoms with E-state index in [1.807, 2.05) is 25.6 Å². The van der Waals surface area contributed by atoms with E-state index in [4.69, 9.17) is 10.9 Å². The highest BCUT2D eigenvalue weighted by Crippen LogP contribution is 2.22. The second-order valence-electron chi connectivity index (χ2n) is 5.48. The molecule has 1 fully saturated rings. The fraction of sp³-hybridized carbons (Fsp3) is 0.692. The van der Waals surface area contributed by atoms with Crippen LogP contribution in [0.25, 0.3) is 0 Å². The summed E-state index contributed by atoms with van der Waals surface area (Å²) in [5.41, 5.74) is 7.89. The van der Waals surface area contributed by atoms with Crippen LogP contribution in [0, 0.1) is 6.92 Å². The number of halogens is 1. The van der Waals surface area contributed by atoms with Gasteiger partial charge in [-0.15, -0.1) is 0 Å². The van der Waals surface area contributed by atoms with Gasteiger partial charge in [-0.25, -0.2) is 0 Å². The number of rotatable bonds is 4. The normalized spacial score (nSPS) is 19.9. The molecule has 0 bridgehead atoms. The minimum absolute atomic E-state index is 0.0252. The number of nitrogens with two attached hydrogens (primary N) is 1. The Morgan fingerprint density at radius 3 is 2.52 bits per heavy atom. The molecule has 1 aliphatic rings. The molecule has 1 unspecified atom stereocenters. The maximum Gasteiger partial charge on any atom is 0.156 e. The lowest BCUT2D eigenvalue weighted by molar-refractivity contribution is 0.114. The van der Waals surface area contributed by atoms with Gasteiger partial charge < -0.3 is 10.9 Å². The molecule has 118 valence electrons. The zero-order valence-electron chi connectivity index (χ0n) is 12.8. The van der Waals surface area contributed by atoms with E-state index >= 15 is 0 Å². The Hall–Kier alpha value is -1.12. The molecule has 1 atom stereocenters. The number of hydrogen-bond donors (Lipinski definition) is 2. The van der Waals surface area contributed by atoms with E-state index in [0.717, 1.165) is 42.9 Å². The first-order valence-corrected chi connectivity index (χ1v) is 7.85. The van der Waals surface area contributed by atoms with Gasteiger partial charge in [-0.3, -0.25) is 14.5 Å². The van der Waals surface area contributed by atoms with E-state index in [1.165, 1.54) is 5.69 Å². The minimum Gasteiger partial charge on any atom is -0.409 e. The summed E-state index contributed by atoms with van der Waals surface area (Å²) in [7, 11) is 1.98. The molecule has 0 amide bonds. The first-order valence-electron chi connectivity index (χ1n) is 7.05. The lowest BCUT2D eigenvalue weighted by Gasteiger charge is -2.37. The van der Waals surface area contributed by atoms with Crippen molar-refractivity contribution in [3.8, 4) is 0 Å².